The fourth-order valence-corrected chi connectivity index (χ4v) is 3.65. The first-order valence-electron chi connectivity index (χ1n) is 10.9. The molecule has 1 heterocycles. The molecule has 0 atom stereocenters. The van der Waals surface area contributed by atoms with Gasteiger partial charge in [-0.3, -0.25) is 9.59 Å². The Kier molecular flexibility index (Phi) is 6.81. The maximum Gasteiger partial charge on any atom is 0.275 e. The number of carbonyl (C=O) groups excluding carboxylic acids is 2. The Morgan fingerprint density at radius 1 is 0.719 bits per heavy atom. The van der Waals surface area contributed by atoms with E-state index in [1.54, 1.807) is 0 Å². The molecule has 7 heteroatoms. The molecule has 0 saturated heterocycles. The van der Waals surface area contributed by atoms with Crippen molar-refractivity contribution in [3.8, 4) is 0 Å². The van der Waals surface area contributed by atoms with Crippen LogP contribution >= 0.6 is 0 Å². The Morgan fingerprint density at radius 2 is 1.12 bits per heavy atom. The fraction of sp³-hybridized carbons (Fsp3) is 0.400. The molecule has 32 heavy (non-hydrogen) atoms. The highest BCUT2D eigenvalue weighted by molar-refractivity contribution is 5.95. The summed E-state index contributed by atoms with van der Waals surface area (Å²) in [5.41, 5.74) is 3.69. The number of hydrogen-bond donors (Lipinski definition) is 2. The van der Waals surface area contributed by atoms with Crippen molar-refractivity contribution in [1.29, 1.82) is 0 Å². The Hall–Kier alpha value is -3.03. The average Bonchev–Trinajstić information content (AvgIpc) is 2.66. The topological polar surface area (TPSA) is 71.1 Å². The van der Waals surface area contributed by atoms with Crippen LogP contribution in [0.5, 0.6) is 0 Å². The second kappa shape index (κ2) is 9.22. The second-order valence-electron chi connectivity index (χ2n) is 10.4. The zero-order valence-electron chi connectivity index (χ0n) is 20.0. The largest absolute Gasteiger partial charge is 0.347 e. The van der Waals surface area contributed by atoms with Crippen molar-refractivity contribution in [2.24, 2.45) is 0 Å². The lowest BCUT2D eigenvalue weighted by atomic mass is 10.0. The van der Waals surface area contributed by atoms with E-state index in [0.717, 1.165) is 32.9 Å². The predicted molar refractivity (Wildman–Crippen MR) is 129 cm³/mol. The van der Waals surface area contributed by atoms with Crippen LogP contribution < -0.4 is 10.6 Å². The summed E-state index contributed by atoms with van der Waals surface area (Å²) in [5.74, 6) is 0.0203. The SMILES string of the molecule is C[N+](C)(C)CC(=O)NCc1cccc2cc3cccc(CNC(=O)C[N+](C)(C)C)c3nc12. The van der Waals surface area contributed by atoms with Gasteiger partial charge in [0.05, 0.1) is 53.3 Å². The normalized spacial score (nSPS) is 12.2. The molecule has 0 spiro atoms. The van der Waals surface area contributed by atoms with Gasteiger partial charge in [0.15, 0.2) is 13.1 Å². The van der Waals surface area contributed by atoms with Gasteiger partial charge in [-0.2, -0.15) is 0 Å². The summed E-state index contributed by atoms with van der Waals surface area (Å²) in [6.45, 7) is 1.69. The first-order valence-corrected chi connectivity index (χ1v) is 10.9. The van der Waals surface area contributed by atoms with Gasteiger partial charge in [0.1, 0.15) is 0 Å². The number of hydrogen-bond acceptors (Lipinski definition) is 3. The van der Waals surface area contributed by atoms with Crippen molar-refractivity contribution in [3.05, 3.63) is 53.6 Å². The summed E-state index contributed by atoms with van der Waals surface area (Å²) in [7, 11) is 12.0. The van der Waals surface area contributed by atoms with Crippen LogP contribution in [0.25, 0.3) is 21.8 Å². The van der Waals surface area contributed by atoms with Crippen LogP contribution in [0.3, 0.4) is 0 Å². The number of nitrogens with one attached hydrogen (secondary N) is 2. The van der Waals surface area contributed by atoms with Crippen molar-refractivity contribution in [1.82, 2.24) is 15.6 Å². The minimum absolute atomic E-state index is 0.0101. The van der Waals surface area contributed by atoms with Gasteiger partial charge < -0.3 is 19.6 Å². The minimum Gasteiger partial charge on any atom is -0.347 e. The summed E-state index contributed by atoms with van der Waals surface area (Å²) < 4.78 is 1.15. The zero-order chi connectivity index (χ0) is 23.5. The van der Waals surface area contributed by atoms with Crippen LogP contribution in [-0.4, -0.2) is 81.1 Å². The number of fused-ring (bicyclic) bond motifs is 2. The fourth-order valence-electron chi connectivity index (χ4n) is 3.65. The molecule has 0 aliphatic heterocycles. The summed E-state index contributed by atoms with van der Waals surface area (Å²) in [4.78, 5) is 29.6. The third kappa shape index (κ3) is 6.48. The van der Waals surface area contributed by atoms with E-state index in [0.29, 0.717) is 35.1 Å². The molecule has 0 aliphatic rings. The molecule has 0 saturated carbocycles. The van der Waals surface area contributed by atoms with E-state index in [1.807, 2.05) is 78.7 Å². The molecule has 7 nitrogen and oxygen atoms in total. The Morgan fingerprint density at radius 3 is 1.50 bits per heavy atom. The second-order valence-corrected chi connectivity index (χ2v) is 10.4. The van der Waals surface area contributed by atoms with Crippen LogP contribution in [0, 0.1) is 0 Å². The molecule has 2 amide bonds. The monoisotopic (exact) mass is 437 g/mol. The van der Waals surface area contributed by atoms with Crippen LogP contribution in [0.2, 0.25) is 0 Å². The smallest absolute Gasteiger partial charge is 0.275 e. The number of nitrogens with zero attached hydrogens (tertiary/aromatic N) is 3. The molecule has 3 rings (SSSR count). The molecule has 0 fully saturated rings. The van der Waals surface area contributed by atoms with E-state index < -0.39 is 0 Å². The van der Waals surface area contributed by atoms with Crippen molar-refractivity contribution < 1.29 is 18.6 Å². The van der Waals surface area contributed by atoms with Crippen LogP contribution in [-0.2, 0) is 22.7 Å². The Bertz CT molecular complexity index is 1060. The molecule has 1 aromatic heterocycles. The lowest BCUT2D eigenvalue weighted by molar-refractivity contribution is -0.862. The van der Waals surface area contributed by atoms with Crippen LogP contribution in [0.15, 0.2) is 42.5 Å². The third-order valence-corrected chi connectivity index (χ3v) is 5.02. The van der Waals surface area contributed by atoms with Crippen molar-refractivity contribution in [2.75, 3.05) is 55.4 Å². The van der Waals surface area contributed by atoms with Crippen LogP contribution in [0.4, 0.5) is 0 Å². The van der Waals surface area contributed by atoms with E-state index in [1.165, 1.54) is 0 Å². The van der Waals surface area contributed by atoms with Crippen LogP contribution in [0.1, 0.15) is 11.1 Å². The van der Waals surface area contributed by atoms with Crippen molar-refractivity contribution in [3.63, 3.8) is 0 Å². The van der Waals surface area contributed by atoms with Crippen molar-refractivity contribution in [2.45, 2.75) is 13.1 Å². The minimum atomic E-state index is 0.0101. The highest BCUT2D eigenvalue weighted by Crippen LogP contribution is 2.25. The number of carbonyl (C=O) groups is 2. The maximum absolute atomic E-state index is 12.3. The maximum atomic E-state index is 12.3. The number of para-hydroxylation sites is 2. The predicted octanol–water partition coefficient (Wildman–Crippen LogP) is 2.03. The van der Waals surface area contributed by atoms with E-state index in [2.05, 4.69) is 16.7 Å². The Labute approximate surface area is 190 Å². The molecule has 2 aromatic carbocycles. The summed E-state index contributed by atoms with van der Waals surface area (Å²) in [5, 5.41) is 8.10. The van der Waals surface area contributed by atoms with E-state index in [9.17, 15) is 9.59 Å². The summed E-state index contributed by atoms with van der Waals surface area (Å²) >= 11 is 0. The first-order chi connectivity index (χ1) is 14.9. The van der Waals surface area contributed by atoms with Crippen molar-refractivity contribution >= 4 is 33.6 Å². The number of amides is 2. The molecular weight excluding hydrogens is 402 g/mol. The number of aromatic nitrogens is 1. The lowest BCUT2D eigenvalue weighted by Crippen LogP contribution is -2.44. The highest BCUT2D eigenvalue weighted by Gasteiger charge is 2.16. The quantitative estimate of drug-likeness (QED) is 0.419. The molecule has 0 bridgehead atoms. The highest BCUT2D eigenvalue weighted by atomic mass is 16.2. The molecule has 0 aliphatic carbocycles. The first kappa shape index (κ1) is 23.6. The Balaban J connectivity index is 1.87. The van der Waals surface area contributed by atoms with E-state index in [4.69, 9.17) is 4.98 Å². The lowest BCUT2D eigenvalue weighted by Gasteiger charge is -2.23. The summed E-state index contributed by atoms with van der Waals surface area (Å²) in [6.07, 6.45) is 0. The third-order valence-electron chi connectivity index (χ3n) is 5.02. The number of pyridine rings is 1. The van der Waals surface area contributed by atoms with Gasteiger partial charge in [0, 0.05) is 23.9 Å². The average molecular weight is 438 g/mol. The molecule has 170 valence electrons. The number of rotatable bonds is 8. The van der Waals surface area contributed by atoms with Gasteiger partial charge >= 0.3 is 0 Å². The number of likely N-dealkylation sites (N-methyl/N-ethyl adjacent to an activating group) is 2. The van der Waals surface area contributed by atoms with Gasteiger partial charge in [0.25, 0.3) is 11.8 Å². The van der Waals surface area contributed by atoms with E-state index in [-0.39, 0.29) is 11.8 Å². The molecule has 2 N–H and O–H groups in total. The van der Waals surface area contributed by atoms with Gasteiger partial charge in [-0.15, -0.1) is 0 Å². The van der Waals surface area contributed by atoms with Gasteiger partial charge in [0.2, 0.25) is 0 Å². The molecule has 3 aromatic rings. The summed E-state index contributed by atoms with van der Waals surface area (Å²) in [6, 6.07) is 14.2. The molecular formula is C25H35N5O2+2. The zero-order valence-corrected chi connectivity index (χ0v) is 20.0. The number of quaternary nitrogens is 2. The standard InChI is InChI=1S/C25H33N5O2/c1-29(2,3)16-22(31)26-14-20-11-7-9-18-13-19-10-8-12-21(25(19)28-24(18)20)15-27-23(32)17-30(4,5)6/h7-13H,14-17H2,1-6H3/p+2. The molecule has 0 unspecified atom stereocenters. The molecule has 0 radical (unpaired) electrons. The number of benzene rings is 2. The van der Waals surface area contributed by atoms with Gasteiger partial charge in [-0.05, 0) is 17.2 Å². The van der Waals surface area contributed by atoms with Gasteiger partial charge in [-0.25, -0.2) is 4.98 Å². The van der Waals surface area contributed by atoms with Gasteiger partial charge in [-0.1, -0.05) is 36.4 Å². The van der Waals surface area contributed by atoms with E-state index >= 15 is 0 Å².